The first-order valence-electron chi connectivity index (χ1n) is 12.3. The number of amides is 2. The van der Waals surface area contributed by atoms with Gasteiger partial charge in [-0.3, -0.25) is 9.59 Å². The molecule has 0 N–H and O–H groups in total. The molecule has 0 saturated heterocycles. The van der Waals surface area contributed by atoms with Gasteiger partial charge < -0.3 is 9.80 Å². The highest BCUT2D eigenvalue weighted by Crippen LogP contribution is 2.38. The minimum atomic E-state index is -0.130. The predicted molar refractivity (Wildman–Crippen MR) is 138 cm³/mol. The molecular weight excluding hydrogens is 452 g/mol. The van der Waals surface area contributed by atoms with Gasteiger partial charge in [0.05, 0.1) is 12.6 Å². The molecule has 0 fully saturated rings. The first-order valence-corrected chi connectivity index (χ1v) is 13.6. The Balaban J connectivity index is 1.74. The minimum Gasteiger partial charge on any atom is -0.333 e. The molecule has 0 aliphatic carbocycles. The molecule has 0 bridgehead atoms. The van der Waals surface area contributed by atoms with E-state index in [0.29, 0.717) is 30.5 Å². The lowest BCUT2D eigenvalue weighted by molar-refractivity contribution is -0.142. The summed E-state index contributed by atoms with van der Waals surface area (Å²) in [6.07, 6.45) is 6.95. The zero-order valence-corrected chi connectivity index (χ0v) is 21.8. The molecule has 1 aliphatic heterocycles. The van der Waals surface area contributed by atoms with Gasteiger partial charge in [0.15, 0.2) is 0 Å². The third-order valence-electron chi connectivity index (χ3n) is 6.23. The molecule has 3 rings (SSSR count). The molecule has 1 aromatic carbocycles. The molecule has 33 heavy (non-hydrogen) atoms. The number of halogens is 1. The van der Waals surface area contributed by atoms with Crippen LogP contribution in [0.2, 0.25) is 5.02 Å². The standard InChI is InChI=1S/C27H37ClN2O2S/c1-4-5-6-7-8-9-25(31)29(18-20(2)3)19-26(32)30-16-14-24-23(15-17-33-24)27(30)21-10-12-22(28)13-11-21/h10-13,15,17,20,27H,4-9,14,16,18-19H2,1-3H3. The number of fused-ring (bicyclic) bond motifs is 1. The fourth-order valence-corrected chi connectivity index (χ4v) is 5.61. The summed E-state index contributed by atoms with van der Waals surface area (Å²) in [6.45, 7) is 7.82. The zero-order valence-electron chi connectivity index (χ0n) is 20.2. The Hall–Kier alpha value is -1.85. The minimum absolute atomic E-state index is 0.0202. The van der Waals surface area contributed by atoms with Crippen molar-refractivity contribution in [2.75, 3.05) is 19.6 Å². The van der Waals surface area contributed by atoms with Crippen LogP contribution in [0.3, 0.4) is 0 Å². The van der Waals surface area contributed by atoms with Gasteiger partial charge in [0.25, 0.3) is 0 Å². The van der Waals surface area contributed by atoms with Crippen LogP contribution in [0.25, 0.3) is 0 Å². The molecule has 0 radical (unpaired) electrons. The summed E-state index contributed by atoms with van der Waals surface area (Å²) in [5, 5.41) is 2.79. The van der Waals surface area contributed by atoms with Gasteiger partial charge >= 0.3 is 0 Å². The maximum absolute atomic E-state index is 13.6. The van der Waals surface area contributed by atoms with E-state index in [1.165, 1.54) is 29.7 Å². The first kappa shape index (κ1) is 25.8. The summed E-state index contributed by atoms with van der Waals surface area (Å²) in [7, 11) is 0. The molecule has 2 heterocycles. The SMILES string of the molecule is CCCCCCCC(=O)N(CC(=O)N1CCc2sccc2C1c1ccc(Cl)cc1)CC(C)C. The van der Waals surface area contributed by atoms with Gasteiger partial charge in [0.2, 0.25) is 11.8 Å². The largest absolute Gasteiger partial charge is 0.333 e. The maximum atomic E-state index is 13.6. The number of carbonyl (C=O) groups is 2. The van der Waals surface area contributed by atoms with E-state index in [1.54, 1.807) is 16.2 Å². The molecule has 1 unspecified atom stereocenters. The van der Waals surface area contributed by atoms with Crippen molar-refractivity contribution in [3.63, 3.8) is 0 Å². The quantitative estimate of drug-likeness (QED) is 0.329. The molecule has 2 aromatic rings. The Labute approximate surface area is 207 Å². The monoisotopic (exact) mass is 488 g/mol. The van der Waals surface area contributed by atoms with Crippen LogP contribution in [0.1, 0.15) is 81.3 Å². The van der Waals surface area contributed by atoms with Gasteiger partial charge in [-0.05, 0) is 53.5 Å². The van der Waals surface area contributed by atoms with Crippen LogP contribution >= 0.6 is 22.9 Å². The Morgan fingerprint density at radius 1 is 1.12 bits per heavy atom. The van der Waals surface area contributed by atoms with E-state index in [2.05, 4.69) is 32.2 Å². The highest BCUT2D eigenvalue weighted by molar-refractivity contribution is 7.10. The normalized spacial score (nSPS) is 15.5. The number of hydrogen-bond donors (Lipinski definition) is 0. The Morgan fingerprint density at radius 3 is 2.55 bits per heavy atom. The summed E-state index contributed by atoms with van der Waals surface area (Å²) in [4.78, 5) is 31.7. The lowest BCUT2D eigenvalue weighted by atomic mass is 9.93. The summed E-state index contributed by atoms with van der Waals surface area (Å²) in [5.74, 6) is 0.440. The third-order valence-corrected chi connectivity index (χ3v) is 7.48. The van der Waals surface area contributed by atoms with Gasteiger partial charge in [0, 0.05) is 29.4 Å². The molecule has 0 saturated carbocycles. The van der Waals surface area contributed by atoms with Crippen molar-refractivity contribution in [1.29, 1.82) is 0 Å². The average Bonchev–Trinajstić information content (AvgIpc) is 3.27. The second kappa shape index (κ2) is 12.6. The molecule has 180 valence electrons. The van der Waals surface area contributed by atoms with Crippen molar-refractivity contribution < 1.29 is 9.59 Å². The van der Waals surface area contributed by atoms with Crippen molar-refractivity contribution in [3.8, 4) is 0 Å². The van der Waals surface area contributed by atoms with Crippen molar-refractivity contribution >= 4 is 34.8 Å². The average molecular weight is 489 g/mol. The fraction of sp³-hybridized carbons (Fsp3) is 0.556. The summed E-state index contributed by atoms with van der Waals surface area (Å²) in [5.41, 5.74) is 2.25. The van der Waals surface area contributed by atoms with Crippen LogP contribution in [0, 0.1) is 5.92 Å². The Bertz CT molecular complexity index is 909. The van der Waals surface area contributed by atoms with Gasteiger partial charge in [-0.15, -0.1) is 11.3 Å². The molecule has 2 amide bonds. The van der Waals surface area contributed by atoms with E-state index in [-0.39, 0.29) is 24.4 Å². The second-order valence-corrected chi connectivity index (χ2v) is 10.9. The summed E-state index contributed by atoms with van der Waals surface area (Å²) < 4.78 is 0. The van der Waals surface area contributed by atoms with Gasteiger partial charge in [0.1, 0.15) is 0 Å². The molecule has 0 spiro atoms. The summed E-state index contributed by atoms with van der Waals surface area (Å²) >= 11 is 7.88. The molecule has 1 atom stereocenters. The van der Waals surface area contributed by atoms with Crippen LogP contribution in [0.4, 0.5) is 0 Å². The Morgan fingerprint density at radius 2 is 1.85 bits per heavy atom. The van der Waals surface area contributed by atoms with Crippen molar-refractivity contribution in [2.45, 2.75) is 71.8 Å². The van der Waals surface area contributed by atoms with E-state index < -0.39 is 0 Å². The molecule has 1 aliphatic rings. The van der Waals surface area contributed by atoms with Gasteiger partial charge in [-0.2, -0.15) is 0 Å². The second-order valence-electron chi connectivity index (χ2n) is 9.42. The number of benzene rings is 1. The summed E-state index contributed by atoms with van der Waals surface area (Å²) in [6, 6.07) is 9.78. The van der Waals surface area contributed by atoms with E-state index in [9.17, 15) is 9.59 Å². The molecule has 6 heteroatoms. The van der Waals surface area contributed by atoms with Crippen molar-refractivity contribution in [1.82, 2.24) is 9.80 Å². The molecule has 4 nitrogen and oxygen atoms in total. The maximum Gasteiger partial charge on any atom is 0.242 e. The predicted octanol–water partition coefficient (Wildman–Crippen LogP) is 6.72. The van der Waals surface area contributed by atoms with E-state index in [4.69, 9.17) is 11.6 Å². The number of unbranched alkanes of at least 4 members (excludes halogenated alkanes) is 4. The van der Waals surface area contributed by atoms with Gasteiger partial charge in [-0.1, -0.05) is 70.2 Å². The highest BCUT2D eigenvalue weighted by atomic mass is 35.5. The lowest BCUT2D eigenvalue weighted by Crippen LogP contribution is -2.47. The smallest absolute Gasteiger partial charge is 0.242 e. The number of hydrogen-bond acceptors (Lipinski definition) is 3. The number of carbonyl (C=O) groups excluding carboxylic acids is 2. The van der Waals surface area contributed by atoms with E-state index in [1.807, 2.05) is 29.2 Å². The molecular formula is C27H37ClN2O2S. The Kier molecular flexibility index (Phi) is 9.81. The number of nitrogens with zero attached hydrogens (tertiary/aromatic N) is 2. The topological polar surface area (TPSA) is 40.6 Å². The van der Waals surface area contributed by atoms with Crippen LogP contribution in [-0.2, 0) is 16.0 Å². The van der Waals surface area contributed by atoms with Crippen molar-refractivity contribution in [3.05, 3.63) is 56.7 Å². The molecule has 1 aromatic heterocycles. The van der Waals surface area contributed by atoms with Crippen LogP contribution in [0.5, 0.6) is 0 Å². The van der Waals surface area contributed by atoms with E-state index >= 15 is 0 Å². The first-order chi connectivity index (χ1) is 15.9. The highest BCUT2D eigenvalue weighted by Gasteiger charge is 2.34. The van der Waals surface area contributed by atoms with Crippen LogP contribution < -0.4 is 0 Å². The number of rotatable bonds is 11. The van der Waals surface area contributed by atoms with E-state index in [0.717, 1.165) is 24.8 Å². The number of thiophene rings is 1. The van der Waals surface area contributed by atoms with Gasteiger partial charge in [-0.25, -0.2) is 0 Å². The van der Waals surface area contributed by atoms with Crippen LogP contribution in [-0.4, -0.2) is 41.2 Å². The van der Waals surface area contributed by atoms with Crippen LogP contribution in [0.15, 0.2) is 35.7 Å². The fourth-order valence-electron chi connectivity index (χ4n) is 4.58. The lowest BCUT2D eigenvalue weighted by Gasteiger charge is -2.38. The zero-order chi connectivity index (χ0) is 23.8. The van der Waals surface area contributed by atoms with Crippen molar-refractivity contribution in [2.24, 2.45) is 5.92 Å². The third kappa shape index (κ3) is 7.07.